The Morgan fingerprint density at radius 1 is 1.25 bits per heavy atom. The first-order valence-electron chi connectivity index (χ1n) is 11.3. The summed E-state index contributed by atoms with van der Waals surface area (Å²) in [5.74, 6) is -1.76. The van der Waals surface area contributed by atoms with Crippen LogP contribution < -0.4 is 0 Å². The molecule has 1 saturated heterocycles. The Labute approximate surface area is 184 Å². The fourth-order valence-electron chi connectivity index (χ4n) is 5.22. The van der Waals surface area contributed by atoms with Crippen LogP contribution in [-0.2, 0) is 11.2 Å². The van der Waals surface area contributed by atoms with Gasteiger partial charge in [-0.2, -0.15) is 5.26 Å². The molecule has 1 aliphatic carbocycles. The molecule has 5 rings (SSSR count). The Hall–Kier alpha value is -3.02. The van der Waals surface area contributed by atoms with Crippen LogP contribution in [0.15, 0.2) is 18.5 Å². The number of imidazole rings is 1. The summed E-state index contributed by atoms with van der Waals surface area (Å²) < 4.78 is 29.3. The van der Waals surface area contributed by atoms with Gasteiger partial charge >= 0.3 is 0 Å². The number of nitrogens with one attached hydrogen (secondary N) is 1. The molecule has 0 radical (unpaired) electrons. The molecule has 7 nitrogen and oxygen atoms in total. The summed E-state index contributed by atoms with van der Waals surface area (Å²) in [4.78, 5) is 26.9. The highest BCUT2D eigenvalue weighted by molar-refractivity contribution is 6.01. The van der Waals surface area contributed by atoms with Crippen molar-refractivity contribution in [2.45, 2.75) is 63.3 Å². The number of halogens is 2. The molecule has 4 heterocycles. The van der Waals surface area contributed by atoms with E-state index in [-0.39, 0.29) is 44.3 Å². The maximum atomic E-state index is 13.5. The third-order valence-electron chi connectivity index (χ3n) is 7.03. The van der Waals surface area contributed by atoms with Crippen molar-refractivity contribution in [3.63, 3.8) is 0 Å². The number of likely N-dealkylation sites (tertiary alicyclic amines) is 1. The third-order valence-corrected chi connectivity index (χ3v) is 7.03. The Bertz CT molecular complexity index is 1170. The van der Waals surface area contributed by atoms with Crippen molar-refractivity contribution in [1.29, 1.82) is 5.26 Å². The Morgan fingerprint density at radius 2 is 2.00 bits per heavy atom. The van der Waals surface area contributed by atoms with Crippen LogP contribution >= 0.6 is 0 Å². The number of H-pyrrole nitrogens is 1. The highest BCUT2D eigenvalue weighted by Crippen LogP contribution is 2.38. The molecule has 2 fully saturated rings. The second kappa shape index (κ2) is 8.15. The SMILES string of the molecule is N#CCC1CCC(n2c(CC(=O)N3CCC(F)(F)CC3)nc3cnc4[nH]ccc4c32)CC1. The first-order valence-corrected chi connectivity index (χ1v) is 11.3. The zero-order valence-electron chi connectivity index (χ0n) is 17.9. The summed E-state index contributed by atoms with van der Waals surface area (Å²) in [5.41, 5.74) is 2.48. The van der Waals surface area contributed by atoms with Crippen LogP contribution in [0.2, 0.25) is 0 Å². The number of aromatic nitrogens is 4. The van der Waals surface area contributed by atoms with Gasteiger partial charge in [-0.1, -0.05) is 0 Å². The number of aromatic amines is 1. The number of amides is 1. The average molecular weight is 440 g/mol. The standard InChI is InChI=1S/C23H26F2N6O/c24-23(25)7-11-30(12-8-23)20(32)13-19-29-18-14-28-22-17(6-10-27-22)21(18)31(19)16-3-1-15(2-4-16)5-9-26/h6,10,14-16H,1-5,7-8,11-13H2,(H,27,28). The van der Waals surface area contributed by atoms with E-state index >= 15 is 0 Å². The third kappa shape index (κ3) is 3.83. The van der Waals surface area contributed by atoms with Gasteiger partial charge in [0.25, 0.3) is 5.92 Å². The molecule has 0 aromatic carbocycles. The number of carbonyl (C=O) groups excluding carboxylic acids is 1. The predicted molar refractivity (Wildman–Crippen MR) is 115 cm³/mol. The molecular formula is C23H26F2N6O. The second-order valence-electron chi connectivity index (χ2n) is 9.08. The number of rotatable bonds is 4. The van der Waals surface area contributed by atoms with E-state index < -0.39 is 5.92 Å². The summed E-state index contributed by atoms with van der Waals surface area (Å²) in [6, 6.07) is 4.44. The van der Waals surface area contributed by atoms with Crippen molar-refractivity contribution >= 4 is 28.0 Å². The van der Waals surface area contributed by atoms with Gasteiger partial charge in [0.2, 0.25) is 5.91 Å². The smallest absolute Gasteiger partial charge is 0.251 e. The van der Waals surface area contributed by atoms with Gasteiger partial charge in [-0.15, -0.1) is 0 Å². The van der Waals surface area contributed by atoms with Crippen LogP contribution in [0.5, 0.6) is 0 Å². The van der Waals surface area contributed by atoms with Crippen molar-refractivity contribution in [1.82, 2.24) is 24.4 Å². The van der Waals surface area contributed by atoms with Gasteiger partial charge in [0.1, 0.15) is 17.0 Å². The first-order chi connectivity index (χ1) is 15.4. The summed E-state index contributed by atoms with van der Waals surface area (Å²) in [6.07, 6.45) is 7.43. The summed E-state index contributed by atoms with van der Waals surface area (Å²) >= 11 is 0. The number of pyridine rings is 1. The zero-order chi connectivity index (χ0) is 22.3. The second-order valence-corrected chi connectivity index (χ2v) is 9.08. The Morgan fingerprint density at radius 3 is 2.72 bits per heavy atom. The molecule has 3 aromatic rings. The lowest BCUT2D eigenvalue weighted by Gasteiger charge is -2.32. The average Bonchev–Trinajstić information content (AvgIpc) is 3.38. The number of alkyl halides is 2. The monoisotopic (exact) mass is 440 g/mol. The number of fused-ring (bicyclic) bond motifs is 3. The molecule has 0 spiro atoms. The fourth-order valence-corrected chi connectivity index (χ4v) is 5.22. The van der Waals surface area contributed by atoms with E-state index in [0.717, 1.165) is 47.8 Å². The molecule has 2 aliphatic rings. The van der Waals surface area contributed by atoms with E-state index in [9.17, 15) is 13.6 Å². The lowest BCUT2D eigenvalue weighted by molar-refractivity contribution is -0.136. The fraction of sp³-hybridized carbons (Fsp3) is 0.565. The van der Waals surface area contributed by atoms with Gasteiger partial charge in [0.15, 0.2) is 0 Å². The maximum Gasteiger partial charge on any atom is 0.251 e. The highest BCUT2D eigenvalue weighted by atomic mass is 19.3. The molecular weight excluding hydrogens is 414 g/mol. The molecule has 1 aliphatic heterocycles. The van der Waals surface area contributed by atoms with Gasteiger partial charge in [0.05, 0.1) is 24.2 Å². The van der Waals surface area contributed by atoms with Crippen molar-refractivity contribution in [2.75, 3.05) is 13.1 Å². The van der Waals surface area contributed by atoms with Gasteiger partial charge in [-0.3, -0.25) is 4.79 Å². The Balaban J connectivity index is 1.48. The number of carbonyl (C=O) groups is 1. The van der Waals surface area contributed by atoms with Crippen LogP contribution in [0.3, 0.4) is 0 Å². The van der Waals surface area contributed by atoms with Crippen molar-refractivity contribution in [3.05, 3.63) is 24.3 Å². The van der Waals surface area contributed by atoms with Crippen molar-refractivity contribution in [2.24, 2.45) is 5.92 Å². The quantitative estimate of drug-likeness (QED) is 0.653. The predicted octanol–water partition coefficient (Wildman–Crippen LogP) is 4.36. The Kier molecular flexibility index (Phi) is 5.31. The molecule has 32 heavy (non-hydrogen) atoms. The first kappa shape index (κ1) is 20.9. The number of hydrogen-bond donors (Lipinski definition) is 1. The topological polar surface area (TPSA) is 90.6 Å². The largest absolute Gasteiger partial charge is 0.346 e. The van der Waals surface area contributed by atoms with Crippen molar-refractivity contribution in [3.8, 4) is 6.07 Å². The minimum absolute atomic E-state index is 0.0783. The van der Waals surface area contributed by atoms with Crippen LogP contribution in [-0.4, -0.2) is 49.3 Å². The van der Waals surface area contributed by atoms with Gasteiger partial charge in [-0.05, 0) is 37.7 Å². The molecule has 0 atom stereocenters. The van der Waals surface area contributed by atoms with E-state index in [1.54, 1.807) is 6.20 Å². The van der Waals surface area contributed by atoms with Crippen LogP contribution in [0, 0.1) is 17.2 Å². The normalized spacial score (nSPS) is 23.5. The van der Waals surface area contributed by atoms with Crippen LogP contribution in [0.25, 0.3) is 22.1 Å². The number of nitriles is 1. The number of piperidine rings is 1. The lowest BCUT2D eigenvalue weighted by atomic mass is 9.84. The molecule has 1 amide bonds. The van der Waals surface area contributed by atoms with E-state index in [0.29, 0.717) is 18.2 Å². The van der Waals surface area contributed by atoms with E-state index in [1.165, 1.54) is 4.90 Å². The van der Waals surface area contributed by atoms with Crippen molar-refractivity contribution < 1.29 is 13.6 Å². The minimum atomic E-state index is -2.68. The summed E-state index contributed by atoms with van der Waals surface area (Å²) in [7, 11) is 0. The molecule has 9 heteroatoms. The molecule has 0 unspecified atom stereocenters. The molecule has 1 saturated carbocycles. The number of hydrogen-bond acceptors (Lipinski definition) is 4. The molecule has 3 aromatic heterocycles. The van der Waals surface area contributed by atoms with Crippen LogP contribution in [0.4, 0.5) is 8.78 Å². The van der Waals surface area contributed by atoms with Gasteiger partial charge in [0, 0.05) is 50.0 Å². The zero-order valence-corrected chi connectivity index (χ0v) is 17.9. The van der Waals surface area contributed by atoms with Gasteiger partial charge in [-0.25, -0.2) is 18.7 Å². The van der Waals surface area contributed by atoms with E-state index in [1.807, 2.05) is 12.3 Å². The molecule has 1 N–H and O–H groups in total. The maximum absolute atomic E-state index is 13.5. The summed E-state index contributed by atoms with van der Waals surface area (Å²) in [5, 5.41) is 10.0. The van der Waals surface area contributed by atoms with E-state index in [2.05, 4.69) is 20.6 Å². The van der Waals surface area contributed by atoms with E-state index in [4.69, 9.17) is 10.2 Å². The minimum Gasteiger partial charge on any atom is -0.346 e. The molecule has 168 valence electrons. The number of nitrogens with zero attached hydrogens (tertiary/aromatic N) is 5. The van der Waals surface area contributed by atoms with Gasteiger partial charge < -0.3 is 14.5 Å². The summed E-state index contributed by atoms with van der Waals surface area (Å²) in [6.45, 7) is 0.157. The highest BCUT2D eigenvalue weighted by Gasteiger charge is 2.36. The van der Waals surface area contributed by atoms with Crippen LogP contribution in [0.1, 0.15) is 56.8 Å². The molecule has 0 bridgehead atoms. The lowest BCUT2D eigenvalue weighted by Crippen LogP contribution is -2.43.